The van der Waals surface area contributed by atoms with Crippen molar-refractivity contribution >= 4 is 11.5 Å². The van der Waals surface area contributed by atoms with Crippen molar-refractivity contribution in [2.75, 3.05) is 0 Å². The lowest BCUT2D eigenvalue weighted by Crippen LogP contribution is -2.29. The molecule has 0 aliphatic heterocycles. The SMILES string of the molecule is Cc1nsc(-n2cc(C#N)c(=O)[nH]c2=O)n1. The van der Waals surface area contributed by atoms with Gasteiger partial charge in [0, 0.05) is 17.7 Å². The molecular formula is C8H5N5O2S. The summed E-state index contributed by atoms with van der Waals surface area (Å²) in [6.07, 6.45) is 1.15. The van der Waals surface area contributed by atoms with Crippen LogP contribution in [0.3, 0.4) is 0 Å². The molecule has 0 amide bonds. The van der Waals surface area contributed by atoms with Gasteiger partial charge in [0.05, 0.1) is 0 Å². The van der Waals surface area contributed by atoms with Crippen LogP contribution in [0.25, 0.3) is 5.13 Å². The minimum Gasteiger partial charge on any atom is -0.272 e. The Labute approximate surface area is 92.8 Å². The van der Waals surface area contributed by atoms with Crippen molar-refractivity contribution in [2.45, 2.75) is 6.92 Å². The zero-order valence-electron chi connectivity index (χ0n) is 8.09. The molecule has 2 heterocycles. The molecule has 2 aromatic heterocycles. The Kier molecular flexibility index (Phi) is 2.38. The van der Waals surface area contributed by atoms with E-state index in [9.17, 15) is 9.59 Å². The molecule has 8 heteroatoms. The molecular weight excluding hydrogens is 230 g/mol. The Bertz CT molecular complexity index is 689. The number of aromatic amines is 1. The predicted octanol–water partition coefficient (Wildman–Crippen LogP) is -0.443. The van der Waals surface area contributed by atoms with Gasteiger partial charge >= 0.3 is 5.69 Å². The summed E-state index contributed by atoms with van der Waals surface area (Å²) in [5.41, 5.74) is -1.49. The van der Waals surface area contributed by atoms with Crippen molar-refractivity contribution in [3.63, 3.8) is 0 Å². The molecule has 0 fully saturated rings. The second kappa shape index (κ2) is 3.71. The maximum Gasteiger partial charge on any atom is 0.334 e. The van der Waals surface area contributed by atoms with Crippen LogP contribution in [0.2, 0.25) is 0 Å². The largest absolute Gasteiger partial charge is 0.334 e. The van der Waals surface area contributed by atoms with Crippen LogP contribution in [0.15, 0.2) is 15.8 Å². The normalized spacial score (nSPS) is 10.0. The van der Waals surface area contributed by atoms with E-state index in [0.717, 1.165) is 22.3 Å². The smallest absolute Gasteiger partial charge is 0.272 e. The van der Waals surface area contributed by atoms with E-state index in [1.807, 2.05) is 4.98 Å². The van der Waals surface area contributed by atoms with Crippen LogP contribution in [0.5, 0.6) is 0 Å². The Hall–Kier alpha value is -2.27. The Morgan fingerprint density at radius 3 is 2.88 bits per heavy atom. The number of H-pyrrole nitrogens is 1. The average Bonchev–Trinajstić information content (AvgIpc) is 2.65. The van der Waals surface area contributed by atoms with E-state index in [0.29, 0.717) is 11.0 Å². The number of rotatable bonds is 1. The van der Waals surface area contributed by atoms with Gasteiger partial charge in [0.2, 0.25) is 5.13 Å². The first-order valence-corrected chi connectivity index (χ1v) is 4.96. The fourth-order valence-electron chi connectivity index (χ4n) is 1.08. The van der Waals surface area contributed by atoms with Gasteiger partial charge in [-0.25, -0.2) is 14.3 Å². The average molecular weight is 235 g/mol. The predicted molar refractivity (Wildman–Crippen MR) is 55.6 cm³/mol. The zero-order chi connectivity index (χ0) is 11.7. The van der Waals surface area contributed by atoms with E-state index in [4.69, 9.17) is 5.26 Å². The van der Waals surface area contributed by atoms with Gasteiger partial charge in [-0.2, -0.15) is 9.64 Å². The maximum absolute atomic E-state index is 11.5. The summed E-state index contributed by atoms with van der Waals surface area (Å²) in [4.78, 5) is 28.6. The minimum atomic E-state index is -0.704. The molecule has 2 rings (SSSR count). The third kappa shape index (κ3) is 1.64. The van der Waals surface area contributed by atoms with Crippen LogP contribution >= 0.6 is 11.5 Å². The highest BCUT2D eigenvalue weighted by Crippen LogP contribution is 2.07. The number of hydrogen-bond donors (Lipinski definition) is 1. The van der Waals surface area contributed by atoms with Gasteiger partial charge < -0.3 is 0 Å². The summed E-state index contributed by atoms with van der Waals surface area (Å²) in [7, 11) is 0. The topological polar surface area (TPSA) is 104 Å². The van der Waals surface area contributed by atoms with Crippen molar-refractivity contribution in [1.82, 2.24) is 18.9 Å². The lowest BCUT2D eigenvalue weighted by molar-refractivity contribution is 0.875. The fraction of sp³-hybridized carbons (Fsp3) is 0.125. The van der Waals surface area contributed by atoms with Crippen molar-refractivity contribution in [3.8, 4) is 11.2 Å². The van der Waals surface area contributed by atoms with Crippen molar-refractivity contribution in [1.29, 1.82) is 5.26 Å². The number of aryl methyl sites for hydroxylation is 1. The van der Waals surface area contributed by atoms with Crippen LogP contribution in [-0.4, -0.2) is 18.9 Å². The molecule has 0 saturated carbocycles. The van der Waals surface area contributed by atoms with Crippen LogP contribution in [-0.2, 0) is 0 Å². The van der Waals surface area contributed by atoms with Crippen molar-refractivity contribution in [2.24, 2.45) is 0 Å². The zero-order valence-corrected chi connectivity index (χ0v) is 8.91. The molecule has 0 saturated heterocycles. The van der Waals surface area contributed by atoms with Gasteiger partial charge in [0.15, 0.2) is 0 Å². The van der Waals surface area contributed by atoms with E-state index in [-0.39, 0.29) is 5.56 Å². The number of nitriles is 1. The molecule has 1 N–H and O–H groups in total. The molecule has 0 atom stereocenters. The summed E-state index contributed by atoms with van der Waals surface area (Å²) >= 11 is 1.01. The molecule has 0 aliphatic carbocycles. The van der Waals surface area contributed by atoms with E-state index in [2.05, 4.69) is 9.36 Å². The molecule has 0 aromatic carbocycles. The molecule has 7 nitrogen and oxygen atoms in total. The molecule has 16 heavy (non-hydrogen) atoms. The number of nitrogens with one attached hydrogen (secondary N) is 1. The maximum atomic E-state index is 11.5. The van der Waals surface area contributed by atoms with E-state index in [1.165, 1.54) is 0 Å². The standard InChI is InChI=1S/C8H5N5O2S/c1-4-10-8(16-12-4)13-3-5(2-9)6(14)11-7(13)15/h3H,1H3,(H,11,14,15). The minimum absolute atomic E-state index is 0.146. The van der Waals surface area contributed by atoms with Crippen molar-refractivity contribution < 1.29 is 0 Å². The van der Waals surface area contributed by atoms with E-state index in [1.54, 1.807) is 13.0 Å². The van der Waals surface area contributed by atoms with Gasteiger partial charge in [-0.15, -0.1) is 0 Å². The number of nitrogens with zero attached hydrogens (tertiary/aromatic N) is 4. The molecule has 0 spiro atoms. The molecule has 0 bridgehead atoms. The third-order valence-corrected chi connectivity index (χ3v) is 2.59. The summed E-state index contributed by atoms with van der Waals surface area (Å²) in [5.74, 6) is 0.525. The summed E-state index contributed by atoms with van der Waals surface area (Å²) in [5, 5.41) is 8.98. The number of aromatic nitrogens is 4. The molecule has 80 valence electrons. The summed E-state index contributed by atoms with van der Waals surface area (Å²) < 4.78 is 5.00. The van der Waals surface area contributed by atoms with E-state index < -0.39 is 11.2 Å². The first-order chi connectivity index (χ1) is 7.61. The molecule has 0 unspecified atom stereocenters. The van der Waals surface area contributed by atoms with Crippen LogP contribution in [0.1, 0.15) is 11.4 Å². The monoisotopic (exact) mass is 235 g/mol. The van der Waals surface area contributed by atoms with Gasteiger partial charge in [0.25, 0.3) is 5.56 Å². The first kappa shape index (κ1) is 10.3. The highest BCUT2D eigenvalue weighted by atomic mass is 32.1. The molecule has 2 aromatic rings. The Balaban J connectivity index is 2.72. The quantitative estimate of drug-likeness (QED) is 0.721. The van der Waals surface area contributed by atoms with Crippen LogP contribution < -0.4 is 11.2 Å². The highest BCUT2D eigenvalue weighted by molar-refractivity contribution is 7.08. The fourth-order valence-corrected chi connectivity index (χ4v) is 1.73. The highest BCUT2D eigenvalue weighted by Gasteiger charge is 2.08. The van der Waals surface area contributed by atoms with E-state index >= 15 is 0 Å². The van der Waals surface area contributed by atoms with Gasteiger partial charge in [-0.05, 0) is 6.92 Å². The Morgan fingerprint density at radius 2 is 2.31 bits per heavy atom. The lowest BCUT2D eigenvalue weighted by atomic mass is 10.4. The second-order valence-corrected chi connectivity index (χ2v) is 3.64. The third-order valence-electron chi connectivity index (χ3n) is 1.79. The van der Waals surface area contributed by atoms with Gasteiger partial charge in [-0.3, -0.25) is 9.78 Å². The summed E-state index contributed by atoms with van der Waals surface area (Å²) in [6, 6.07) is 1.69. The first-order valence-electron chi connectivity index (χ1n) is 4.18. The second-order valence-electron chi connectivity index (χ2n) is 2.91. The van der Waals surface area contributed by atoms with Crippen LogP contribution in [0, 0.1) is 18.3 Å². The van der Waals surface area contributed by atoms with Crippen molar-refractivity contribution in [3.05, 3.63) is 38.4 Å². The van der Waals surface area contributed by atoms with Gasteiger partial charge in [0.1, 0.15) is 17.5 Å². The summed E-state index contributed by atoms with van der Waals surface area (Å²) in [6.45, 7) is 1.68. The Morgan fingerprint density at radius 1 is 1.56 bits per heavy atom. The number of hydrogen-bond acceptors (Lipinski definition) is 6. The van der Waals surface area contributed by atoms with Gasteiger partial charge in [-0.1, -0.05) is 0 Å². The lowest BCUT2D eigenvalue weighted by Gasteiger charge is -1.98. The molecule has 0 aliphatic rings. The van der Waals surface area contributed by atoms with Crippen LogP contribution in [0.4, 0.5) is 0 Å². The molecule has 0 radical (unpaired) electrons.